The van der Waals surface area contributed by atoms with Gasteiger partial charge in [0, 0.05) is 6.07 Å². The number of furan rings is 1. The van der Waals surface area contributed by atoms with Crippen molar-refractivity contribution < 1.29 is 8.94 Å². The molecule has 1 fully saturated rings. The van der Waals surface area contributed by atoms with Gasteiger partial charge in [-0.3, -0.25) is 0 Å². The molecule has 0 aliphatic carbocycles. The van der Waals surface area contributed by atoms with Crippen LogP contribution in [-0.4, -0.2) is 11.7 Å². The number of hydrogen-bond acceptors (Lipinski definition) is 4. The third kappa shape index (κ3) is 1.76. The number of nitrogens with one attached hydrogen (secondary N) is 1. The fourth-order valence-corrected chi connectivity index (χ4v) is 2.09. The Balaban J connectivity index is 1.82. The molecule has 1 atom stereocenters. The van der Waals surface area contributed by atoms with E-state index in [1.807, 2.05) is 18.2 Å². The Kier molecular flexibility index (Phi) is 2.50. The van der Waals surface area contributed by atoms with Crippen LogP contribution in [0.25, 0.3) is 11.5 Å². The molecule has 0 aromatic carbocycles. The molecule has 0 radical (unpaired) electrons. The Bertz CT molecular complexity index is 441. The zero-order chi connectivity index (χ0) is 10.8. The quantitative estimate of drug-likeness (QED) is 0.842. The van der Waals surface area contributed by atoms with Crippen molar-refractivity contribution in [1.82, 2.24) is 10.5 Å². The van der Waals surface area contributed by atoms with Crippen molar-refractivity contribution in [3.8, 4) is 11.5 Å². The van der Waals surface area contributed by atoms with Gasteiger partial charge >= 0.3 is 0 Å². The molecule has 2 aromatic rings. The maximum Gasteiger partial charge on any atom is 0.202 e. The van der Waals surface area contributed by atoms with Gasteiger partial charge in [-0.05, 0) is 31.5 Å². The molecule has 84 valence electrons. The van der Waals surface area contributed by atoms with Crippen molar-refractivity contribution in [2.24, 2.45) is 0 Å². The highest BCUT2D eigenvalue weighted by atomic mass is 16.5. The van der Waals surface area contributed by atoms with E-state index in [2.05, 4.69) is 10.5 Å². The molecule has 4 nitrogen and oxygen atoms in total. The zero-order valence-electron chi connectivity index (χ0n) is 8.98. The predicted molar refractivity (Wildman–Crippen MR) is 58.8 cm³/mol. The zero-order valence-corrected chi connectivity index (χ0v) is 8.98. The first-order valence-corrected chi connectivity index (χ1v) is 5.67. The van der Waals surface area contributed by atoms with Crippen molar-refractivity contribution in [1.29, 1.82) is 0 Å². The Labute approximate surface area is 93.6 Å². The van der Waals surface area contributed by atoms with E-state index in [0.29, 0.717) is 11.8 Å². The summed E-state index contributed by atoms with van der Waals surface area (Å²) in [6.07, 6.45) is 5.26. The molecule has 1 N–H and O–H groups in total. The maximum atomic E-state index is 5.28. The smallest absolute Gasteiger partial charge is 0.202 e. The van der Waals surface area contributed by atoms with E-state index in [1.165, 1.54) is 12.8 Å². The van der Waals surface area contributed by atoms with E-state index < -0.39 is 0 Å². The number of piperidine rings is 1. The monoisotopic (exact) mass is 218 g/mol. The Morgan fingerprint density at radius 3 is 3.06 bits per heavy atom. The first-order chi connectivity index (χ1) is 7.93. The summed E-state index contributed by atoms with van der Waals surface area (Å²) in [7, 11) is 0. The van der Waals surface area contributed by atoms with E-state index >= 15 is 0 Å². The minimum Gasteiger partial charge on any atom is -0.461 e. The van der Waals surface area contributed by atoms with Crippen LogP contribution in [0.5, 0.6) is 0 Å². The standard InChI is InChI=1S/C12H14N2O2/c1-2-6-13-9(4-1)10-8-12(16-14-10)11-5-3-7-15-11/h3,5,7-9,13H,1-2,4,6H2. The van der Waals surface area contributed by atoms with Crippen molar-refractivity contribution in [3.63, 3.8) is 0 Å². The summed E-state index contributed by atoms with van der Waals surface area (Å²) in [5, 5.41) is 7.54. The molecule has 0 bridgehead atoms. The minimum atomic E-state index is 0.334. The highest BCUT2D eigenvalue weighted by Gasteiger charge is 2.19. The first-order valence-electron chi connectivity index (χ1n) is 5.67. The van der Waals surface area contributed by atoms with Crippen LogP contribution in [0, 0.1) is 0 Å². The molecule has 4 heteroatoms. The van der Waals surface area contributed by atoms with Gasteiger partial charge in [-0.1, -0.05) is 11.6 Å². The van der Waals surface area contributed by atoms with E-state index in [4.69, 9.17) is 8.94 Å². The molecule has 0 amide bonds. The van der Waals surface area contributed by atoms with E-state index in [9.17, 15) is 0 Å². The molecule has 3 rings (SSSR count). The fraction of sp³-hybridized carbons (Fsp3) is 0.417. The average Bonchev–Trinajstić information content (AvgIpc) is 3.01. The second-order valence-electron chi connectivity index (χ2n) is 4.10. The highest BCUT2D eigenvalue weighted by Crippen LogP contribution is 2.27. The molecule has 1 saturated heterocycles. The van der Waals surface area contributed by atoms with Crippen LogP contribution in [0.3, 0.4) is 0 Å². The van der Waals surface area contributed by atoms with E-state index in [-0.39, 0.29) is 0 Å². The van der Waals surface area contributed by atoms with Crippen molar-refractivity contribution in [2.45, 2.75) is 25.3 Å². The number of nitrogens with zero attached hydrogens (tertiary/aromatic N) is 1. The molecule has 2 aromatic heterocycles. The molecule has 0 saturated carbocycles. The van der Waals surface area contributed by atoms with Gasteiger partial charge in [-0.25, -0.2) is 0 Å². The first kappa shape index (κ1) is 9.66. The average molecular weight is 218 g/mol. The third-order valence-electron chi connectivity index (χ3n) is 2.96. The van der Waals surface area contributed by atoms with Gasteiger partial charge in [-0.15, -0.1) is 0 Å². The molecule has 0 spiro atoms. The molecular formula is C12H14N2O2. The molecule has 1 aliphatic heterocycles. The van der Waals surface area contributed by atoms with Gasteiger partial charge in [-0.2, -0.15) is 0 Å². The molecule has 3 heterocycles. The van der Waals surface area contributed by atoms with Crippen LogP contribution < -0.4 is 5.32 Å². The topological polar surface area (TPSA) is 51.2 Å². The summed E-state index contributed by atoms with van der Waals surface area (Å²) in [5.74, 6) is 1.43. The van der Waals surface area contributed by atoms with Gasteiger partial charge in [0.1, 0.15) is 5.69 Å². The summed E-state index contributed by atoms with van der Waals surface area (Å²) in [6.45, 7) is 1.06. The van der Waals surface area contributed by atoms with Crippen LogP contribution >= 0.6 is 0 Å². The minimum absolute atomic E-state index is 0.334. The van der Waals surface area contributed by atoms with Crippen LogP contribution in [0.1, 0.15) is 31.0 Å². The lowest BCUT2D eigenvalue weighted by Gasteiger charge is -2.20. The molecular weight excluding hydrogens is 204 g/mol. The number of rotatable bonds is 2. The van der Waals surface area contributed by atoms with Gasteiger partial charge in [0.15, 0.2) is 5.76 Å². The summed E-state index contributed by atoms with van der Waals surface area (Å²) in [4.78, 5) is 0. The van der Waals surface area contributed by atoms with Crippen LogP contribution in [0.2, 0.25) is 0 Å². The predicted octanol–water partition coefficient (Wildman–Crippen LogP) is 2.75. The van der Waals surface area contributed by atoms with E-state index in [1.54, 1.807) is 6.26 Å². The van der Waals surface area contributed by atoms with Gasteiger partial charge < -0.3 is 14.3 Å². The van der Waals surface area contributed by atoms with E-state index in [0.717, 1.165) is 24.4 Å². The van der Waals surface area contributed by atoms with Crippen LogP contribution in [0.4, 0.5) is 0 Å². The van der Waals surface area contributed by atoms with Crippen LogP contribution in [-0.2, 0) is 0 Å². The van der Waals surface area contributed by atoms with Crippen molar-refractivity contribution in [2.75, 3.05) is 6.54 Å². The largest absolute Gasteiger partial charge is 0.461 e. The highest BCUT2D eigenvalue weighted by molar-refractivity contribution is 5.49. The van der Waals surface area contributed by atoms with Gasteiger partial charge in [0.25, 0.3) is 0 Å². The van der Waals surface area contributed by atoms with Crippen molar-refractivity contribution in [3.05, 3.63) is 30.2 Å². The lowest BCUT2D eigenvalue weighted by Crippen LogP contribution is -2.26. The second kappa shape index (κ2) is 4.14. The summed E-state index contributed by atoms with van der Waals surface area (Å²) in [5.41, 5.74) is 0.978. The Morgan fingerprint density at radius 1 is 1.31 bits per heavy atom. The number of hydrogen-bond donors (Lipinski definition) is 1. The van der Waals surface area contributed by atoms with Crippen LogP contribution in [0.15, 0.2) is 33.4 Å². The lowest BCUT2D eigenvalue weighted by atomic mass is 10.0. The van der Waals surface area contributed by atoms with Gasteiger partial charge in [0.2, 0.25) is 5.76 Å². The maximum absolute atomic E-state index is 5.28. The fourth-order valence-electron chi connectivity index (χ4n) is 2.09. The molecule has 1 aliphatic rings. The van der Waals surface area contributed by atoms with Gasteiger partial charge in [0.05, 0.1) is 12.3 Å². The number of aromatic nitrogens is 1. The summed E-state index contributed by atoms with van der Waals surface area (Å²) < 4.78 is 10.5. The molecule has 1 unspecified atom stereocenters. The normalized spacial score (nSPS) is 21.1. The SMILES string of the molecule is c1coc(-c2cc(C3CCCCN3)no2)c1. The Morgan fingerprint density at radius 2 is 2.31 bits per heavy atom. The van der Waals surface area contributed by atoms with Crippen molar-refractivity contribution >= 4 is 0 Å². The molecule has 16 heavy (non-hydrogen) atoms. The lowest BCUT2D eigenvalue weighted by molar-refractivity contribution is 0.365. The second-order valence-corrected chi connectivity index (χ2v) is 4.10. The summed E-state index contributed by atoms with van der Waals surface area (Å²) >= 11 is 0. The Hall–Kier alpha value is -1.55. The third-order valence-corrected chi connectivity index (χ3v) is 2.96. The summed E-state index contributed by atoms with van der Waals surface area (Å²) in [6, 6.07) is 6.01.